The van der Waals surface area contributed by atoms with Crippen molar-refractivity contribution < 1.29 is 14.5 Å². The van der Waals surface area contributed by atoms with Crippen molar-refractivity contribution >= 4 is 17.6 Å². The third-order valence-electron chi connectivity index (χ3n) is 2.51. The monoisotopic (exact) mass is 338 g/mol. The summed E-state index contributed by atoms with van der Waals surface area (Å²) in [5.74, 6) is 0.626. The fourth-order valence-electron chi connectivity index (χ4n) is 1.55. The van der Waals surface area contributed by atoms with Crippen molar-refractivity contribution in [3.63, 3.8) is 0 Å². The van der Waals surface area contributed by atoms with E-state index >= 15 is 0 Å². The summed E-state index contributed by atoms with van der Waals surface area (Å²) in [5, 5.41) is 10.5. The highest BCUT2D eigenvalue weighted by atomic mass is 16.6. The molecule has 0 radical (unpaired) electrons. The van der Waals surface area contributed by atoms with Gasteiger partial charge in [0.15, 0.2) is 0 Å². The Kier molecular flexibility index (Phi) is 7.99. The summed E-state index contributed by atoms with van der Waals surface area (Å²) in [7, 11) is 0. The number of hydroxylamine groups is 1. The standard InChI is InChI=1S/C14H22N6O4/c1-10(2)17-13(15)18-14(16)19-24-9-3-8-23-12-6-4-11(5-7-12)20(21)22/h4-7,10H,3,8-9H2,1-2H3,(H5,15,16,17,18,19). The predicted molar refractivity (Wildman–Crippen MR) is 90.7 cm³/mol. The first-order chi connectivity index (χ1) is 11.4. The Bertz CT molecular complexity index is 585. The van der Waals surface area contributed by atoms with Crippen LogP contribution < -0.4 is 21.7 Å². The average Bonchev–Trinajstić information content (AvgIpc) is 2.50. The molecule has 0 aliphatic heterocycles. The first-order valence-corrected chi connectivity index (χ1v) is 7.31. The quantitative estimate of drug-likeness (QED) is 0.210. The molecule has 132 valence electrons. The summed E-state index contributed by atoms with van der Waals surface area (Å²) in [5.41, 5.74) is 13.6. The average molecular weight is 338 g/mol. The minimum absolute atomic E-state index is 0.00758. The van der Waals surface area contributed by atoms with Gasteiger partial charge in [0.25, 0.3) is 5.69 Å². The number of nitrogens with one attached hydrogen (secondary N) is 1. The number of guanidine groups is 2. The van der Waals surface area contributed by atoms with Crippen LogP contribution >= 0.6 is 0 Å². The zero-order chi connectivity index (χ0) is 17.9. The highest BCUT2D eigenvalue weighted by Gasteiger charge is 2.04. The first-order valence-electron chi connectivity index (χ1n) is 7.31. The Labute approximate surface area is 139 Å². The van der Waals surface area contributed by atoms with Gasteiger partial charge >= 0.3 is 0 Å². The van der Waals surface area contributed by atoms with Crippen molar-refractivity contribution in [3.8, 4) is 5.75 Å². The molecule has 24 heavy (non-hydrogen) atoms. The molecule has 0 aromatic heterocycles. The van der Waals surface area contributed by atoms with Gasteiger partial charge in [-0.25, -0.2) is 10.5 Å². The number of ether oxygens (including phenoxy) is 1. The van der Waals surface area contributed by atoms with Crippen molar-refractivity contribution in [2.75, 3.05) is 13.2 Å². The molecule has 0 spiro atoms. The van der Waals surface area contributed by atoms with E-state index in [4.69, 9.17) is 21.0 Å². The maximum absolute atomic E-state index is 10.5. The van der Waals surface area contributed by atoms with Crippen LogP contribution in [0.1, 0.15) is 20.3 Å². The molecule has 1 aromatic carbocycles. The Morgan fingerprint density at radius 2 is 1.96 bits per heavy atom. The van der Waals surface area contributed by atoms with Crippen molar-refractivity contribution in [2.45, 2.75) is 26.3 Å². The molecular formula is C14H22N6O4. The van der Waals surface area contributed by atoms with Crippen LogP contribution in [-0.2, 0) is 4.84 Å². The summed E-state index contributed by atoms with van der Waals surface area (Å²) in [6.45, 7) is 4.44. The van der Waals surface area contributed by atoms with Crippen LogP contribution in [0.5, 0.6) is 5.75 Å². The first kappa shape index (κ1) is 19.2. The molecule has 0 bridgehead atoms. The highest BCUT2D eigenvalue weighted by molar-refractivity contribution is 5.92. The number of nitro groups is 1. The maximum atomic E-state index is 10.5. The van der Waals surface area contributed by atoms with Crippen LogP contribution in [0.2, 0.25) is 0 Å². The van der Waals surface area contributed by atoms with Crippen molar-refractivity contribution in [2.24, 2.45) is 21.5 Å². The molecular weight excluding hydrogens is 316 g/mol. The zero-order valence-corrected chi connectivity index (χ0v) is 13.6. The van der Waals surface area contributed by atoms with Crippen LogP contribution in [0.3, 0.4) is 0 Å². The minimum Gasteiger partial charge on any atom is -0.493 e. The number of nitrogens with zero attached hydrogens (tertiary/aromatic N) is 3. The van der Waals surface area contributed by atoms with Gasteiger partial charge in [-0.3, -0.25) is 15.0 Å². The Morgan fingerprint density at radius 1 is 1.29 bits per heavy atom. The van der Waals surface area contributed by atoms with Gasteiger partial charge in [0.1, 0.15) is 5.75 Å². The van der Waals surface area contributed by atoms with Gasteiger partial charge in [-0.2, -0.15) is 4.99 Å². The molecule has 0 aliphatic rings. The van der Waals surface area contributed by atoms with E-state index in [-0.39, 0.29) is 23.6 Å². The van der Waals surface area contributed by atoms with E-state index in [2.05, 4.69) is 15.5 Å². The lowest BCUT2D eigenvalue weighted by Crippen LogP contribution is -2.34. The summed E-state index contributed by atoms with van der Waals surface area (Å²) >= 11 is 0. The number of non-ortho nitro benzene ring substituents is 1. The van der Waals surface area contributed by atoms with Crippen molar-refractivity contribution in [1.29, 1.82) is 0 Å². The third kappa shape index (κ3) is 7.94. The van der Waals surface area contributed by atoms with Gasteiger partial charge in [-0.1, -0.05) is 0 Å². The molecule has 0 saturated heterocycles. The fourth-order valence-corrected chi connectivity index (χ4v) is 1.55. The number of hydrogen-bond donors (Lipinski definition) is 3. The third-order valence-corrected chi connectivity index (χ3v) is 2.51. The molecule has 0 atom stereocenters. The second-order valence-electron chi connectivity index (χ2n) is 4.98. The molecule has 0 fully saturated rings. The minimum atomic E-state index is -0.464. The number of nitrogens with two attached hydrogens (primary N) is 2. The number of benzene rings is 1. The zero-order valence-electron chi connectivity index (χ0n) is 13.6. The second-order valence-corrected chi connectivity index (χ2v) is 4.98. The van der Waals surface area contributed by atoms with Crippen LogP contribution in [0.4, 0.5) is 5.69 Å². The van der Waals surface area contributed by atoms with E-state index in [1.165, 1.54) is 12.1 Å². The second kappa shape index (κ2) is 10.0. The Hall–Kier alpha value is -2.88. The van der Waals surface area contributed by atoms with Crippen molar-refractivity contribution in [3.05, 3.63) is 34.4 Å². The lowest BCUT2D eigenvalue weighted by atomic mass is 10.3. The summed E-state index contributed by atoms with van der Waals surface area (Å²) in [6.07, 6.45) is 0.576. The molecule has 0 unspecified atom stereocenters. The molecule has 0 amide bonds. The molecule has 0 heterocycles. The molecule has 0 saturated carbocycles. The van der Waals surface area contributed by atoms with E-state index in [0.717, 1.165) is 0 Å². The summed E-state index contributed by atoms with van der Waals surface area (Å²) < 4.78 is 5.43. The fraction of sp³-hybridized carbons (Fsp3) is 0.429. The van der Waals surface area contributed by atoms with E-state index in [9.17, 15) is 10.1 Å². The normalized spacial score (nSPS) is 12.3. The van der Waals surface area contributed by atoms with E-state index in [1.54, 1.807) is 12.1 Å². The van der Waals surface area contributed by atoms with Gasteiger partial charge in [0.05, 0.1) is 18.1 Å². The molecule has 10 heteroatoms. The van der Waals surface area contributed by atoms with Gasteiger partial charge in [-0.05, 0) is 26.0 Å². The largest absolute Gasteiger partial charge is 0.493 e. The number of nitro benzene ring substituents is 1. The molecule has 0 aliphatic carbocycles. The lowest BCUT2D eigenvalue weighted by molar-refractivity contribution is -0.384. The maximum Gasteiger partial charge on any atom is 0.269 e. The molecule has 1 aromatic rings. The summed E-state index contributed by atoms with van der Waals surface area (Å²) in [4.78, 5) is 23.0. The van der Waals surface area contributed by atoms with Crippen molar-refractivity contribution in [1.82, 2.24) is 5.48 Å². The number of rotatable bonds is 8. The molecule has 10 nitrogen and oxygen atoms in total. The Morgan fingerprint density at radius 3 is 2.54 bits per heavy atom. The van der Waals surface area contributed by atoms with Crippen LogP contribution in [0, 0.1) is 10.1 Å². The van der Waals surface area contributed by atoms with Gasteiger partial charge in [0, 0.05) is 24.6 Å². The Balaban J connectivity index is 2.20. The van der Waals surface area contributed by atoms with Gasteiger partial charge in [-0.15, -0.1) is 0 Å². The topological polar surface area (TPSA) is 150 Å². The van der Waals surface area contributed by atoms with E-state index < -0.39 is 4.92 Å². The lowest BCUT2D eigenvalue weighted by Gasteiger charge is -2.08. The number of aliphatic imine (C=N–C) groups is 2. The van der Waals surface area contributed by atoms with Crippen LogP contribution in [-0.4, -0.2) is 36.1 Å². The molecule has 5 N–H and O–H groups in total. The smallest absolute Gasteiger partial charge is 0.269 e. The summed E-state index contributed by atoms with van der Waals surface area (Å²) in [6, 6.07) is 5.87. The number of hydrogen-bond acceptors (Lipinski definition) is 5. The molecule has 1 rings (SSSR count). The predicted octanol–water partition coefficient (Wildman–Crippen LogP) is 0.923. The highest BCUT2D eigenvalue weighted by Crippen LogP contribution is 2.17. The van der Waals surface area contributed by atoms with Crippen LogP contribution in [0.25, 0.3) is 0 Å². The van der Waals surface area contributed by atoms with Gasteiger partial charge in [0.2, 0.25) is 11.9 Å². The van der Waals surface area contributed by atoms with Gasteiger partial charge < -0.3 is 16.2 Å². The SMILES string of the molecule is CC(C)N=C(N)/N=C(\N)NOCCCOc1ccc([N+](=O)[O-])cc1. The van der Waals surface area contributed by atoms with E-state index in [0.29, 0.717) is 25.4 Å². The van der Waals surface area contributed by atoms with Crippen LogP contribution in [0.15, 0.2) is 34.3 Å². The van der Waals surface area contributed by atoms with E-state index in [1.807, 2.05) is 13.8 Å².